The molecule has 2 heterocycles. The van der Waals surface area contributed by atoms with Gasteiger partial charge in [-0.1, -0.05) is 30.3 Å². The van der Waals surface area contributed by atoms with E-state index in [0.29, 0.717) is 25.0 Å². The maximum Gasteiger partial charge on any atom is 0.223 e. The van der Waals surface area contributed by atoms with Gasteiger partial charge in [-0.05, 0) is 49.9 Å². The molecule has 2 aliphatic rings. The first kappa shape index (κ1) is 18.2. The molecule has 2 fully saturated rings. The summed E-state index contributed by atoms with van der Waals surface area (Å²) in [5.74, 6) is 2.48. The molecular weight excluding hydrogens is 362 g/mol. The Labute approximate surface area is 171 Å². The Kier molecular flexibility index (Phi) is 4.74. The van der Waals surface area contributed by atoms with Crippen molar-refractivity contribution < 1.29 is 9.53 Å². The van der Waals surface area contributed by atoms with Gasteiger partial charge in [0.15, 0.2) is 0 Å². The summed E-state index contributed by atoms with van der Waals surface area (Å²) < 4.78 is 8.30. The number of nitrogens with zero attached hydrogens (tertiary/aromatic N) is 3. The summed E-state index contributed by atoms with van der Waals surface area (Å²) in [4.78, 5) is 19.5. The second-order valence-electron chi connectivity index (χ2n) is 8.26. The number of benzene rings is 2. The third-order valence-corrected chi connectivity index (χ3v) is 6.07. The second kappa shape index (κ2) is 7.54. The molecule has 1 amide bonds. The summed E-state index contributed by atoms with van der Waals surface area (Å²) in [6.07, 6.45) is 3.80. The first-order valence-corrected chi connectivity index (χ1v) is 10.6. The Bertz CT molecular complexity index is 1040. The van der Waals surface area contributed by atoms with Gasteiger partial charge in [-0.15, -0.1) is 0 Å². The molecule has 1 saturated carbocycles. The van der Waals surface area contributed by atoms with Crippen molar-refractivity contribution >= 4 is 16.9 Å². The van der Waals surface area contributed by atoms with Gasteiger partial charge in [0.25, 0.3) is 0 Å². The number of imidazole rings is 1. The van der Waals surface area contributed by atoms with Gasteiger partial charge in [-0.2, -0.15) is 0 Å². The van der Waals surface area contributed by atoms with Crippen LogP contribution in [0.4, 0.5) is 0 Å². The fourth-order valence-electron chi connectivity index (χ4n) is 4.41. The van der Waals surface area contributed by atoms with Crippen molar-refractivity contribution in [2.45, 2.75) is 51.1 Å². The first-order chi connectivity index (χ1) is 14.2. The fourth-order valence-corrected chi connectivity index (χ4v) is 4.41. The van der Waals surface area contributed by atoms with Crippen molar-refractivity contribution in [1.82, 2.24) is 14.5 Å². The van der Waals surface area contributed by atoms with Gasteiger partial charge in [0.2, 0.25) is 5.91 Å². The third-order valence-electron chi connectivity index (χ3n) is 6.07. The molecule has 5 rings (SSSR count). The highest BCUT2D eigenvalue weighted by Crippen LogP contribution is 2.37. The van der Waals surface area contributed by atoms with E-state index in [1.165, 1.54) is 0 Å². The minimum atomic E-state index is 0.188. The van der Waals surface area contributed by atoms with Crippen LogP contribution >= 0.6 is 0 Å². The number of aryl methyl sites for hydroxylation is 2. The van der Waals surface area contributed by atoms with Crippen molar-refractivity contribution in [2.75, 3.05) is 13.2 Å². The van der Waals surface area contributed by atoms with Crippen LogP contribution in [0.25, 0.3) is 11.0 Å². The Hall–Kier alpha value is -2.82. The largest absolute Gasteiger partial charge is 0.493 e. The summed E-state index contributed by atoms with van der Waals surface area (Å²) >= 11 is 0. The molecule has 5 heteroatoms. The normalized spacial score (nSPS) is 19.3. The van der Waals surface area contributed by atoms with Gasteiger partial charge in [-0.3, -0.25) is 4.79 Å². The zero-order chi connectivity index (χ0) is 19.8. The number of ether oxygens (including phenoxy) is 1. The highest BCUT2D eigenvalue weighted by molar-refractivity contribution is 5.81. The molecule has 1 atom stereocenters. The SMILES string of the molecule is Cc1ccccc1OCCCn1c(C2CC(=O)N(C3CC3)C2)nc2ccccc21. The summed E-state index contributed by atoms with van der Waals surface area (Å²) in [5.41, 5.74) is 3.32. The average molecular weight is 389 g/mol. The van der Waals surface area contributed by atoms with E-state index in [4.69, 9.17) is 9.72 Å². The van der Waals surface area contributed by atoms with Gasteiger partial charge >= 0.3 is 0 Å². The number of aromatic nitrogens is 2. The molecule has 3 aromatic rings. The molecule has 1 aromatic heterocycles. The summed E-state index contributed by atoms with van der Waals surface area (Å²) in [7, 11) is 0. The Morgan fingerprint density at radius 2 is 1.90 bits per heavy atom. The van der Waals surface area contributed by atoms with Crippen LogP contribution in [0.3, 0.4) is 0 Å². The minimum Gasteiger partial charge on any atom is -0.493 e. The first-order valence-electron chi connectivity index (χ1n) is 10.6. The van der Waals surface area contributed by atoms with Crippen molar-refractivity contribution in [2.24, 2.45) is 0 Å². The molecule has 0 spiro atoms. The topological polar surface area (TPSA) is 47.4 Å². The van der Waals surface area contributed by atoms with Crippen LogP contribution in [0.5, 0.6) is 5.75 Å². The molecule has 0 radical (unpaired) electrons. The summed E-state index contributed by atoms with van der Waals surface area (Å²) in [6.45, 7) is 4.39. The van der Waals surface area contributed by atoms with Gasteiger partial charge in [-0.25, -0.2) is 4.98 Å². The summed E-state index contributed by atoms with van der Waals surface area (Å²) in [6, 6.07) is 16.9. The van der Waals surface area contributed by atoms with Gasteiger partial charge in [0, 0.05) is 31.5 Å². The third kappa shape index (κ3) is 3.61. The molecule has 5 nitrogen and oxygen atoms in total. The molecule has 1 unspecified atom stereocenters. The maximum atomic E-state index is 12.5. The Morgan fingerprint density at radius 3 is 2.72 bits per heavy atom. The number of carbonyl (C=O) groups excluding carboxylic acids is 1. The van der Waals surface area contributed by atoms with Crippen LogP contribution in [-0.2, 0) is 11.3 Å². The lowest BCUT2D eigenvalue weighted by Crippen LogP contribution is -2.27. The zero-order valence-corrected chi connectivity index (χ0v) is 16.9. The highest BCUT2D eigenvalue weighted by Gasteiger charge is 2.41. The van der Waals surface area contributed by atoms with E-state index in [0.717, 1.165) is 60.5 Å². The number of hydrogen-bond acceptors (Lipinski definition) is 3. The number of fused-ring (bicyclic) bond motifs is 1. The van der Waals surface area contributed by atoms with E-state index in [2.05, 4.69) is 40.7 Å². The standard InChI is InChI=1S/C24H27N3O2/c1-17-7-2-5-10-22(17)29-14-6-13-26-21-9-4-3-8-20(21)25-24(26)18-15-23(28)27(16-18)19-11-12-19/h2-5,7-10,18-19H,6,11-16H2,1H3. The van der Waals surface area contributed by atoms with Crippen molar-refractivity contribution in [3.8, 4) is 5.75 Å². The van der Waals surface area contributed by atoms with Crippen LogP contribution < -0.4 is 4.74 Å². The molecule has 29 heavy (non-hydrogen) atoms. The minimum absolute atomic E-state index is 0.188. The van der Waals surface area contributed by atoms with E-state index in [-0.39, 0.29) is 5.92 Å². The predicted octanol–water partition coefficient (Wildman–Crippen LogP) is 4.29. The molecule has 1 aliphatic carbocycles. The number of hydrogen-bond donors (Lipinski definition) is 0. The number of para-hydroxylation sites is 3. The molecular formula is C24H27N3O2. The van der Waals surface area contributed by atoms with Gasteiger partial charge < -0.3 is 14.2 Å². The fraction of sp³-hybridized carbons (Fsp3) is 0.417. The zero-order valence-electron chi connectivity index (χ0n) is 16.9. The lowest BCUT2D eigenvalue weighted by molar-refractivity contribution is -0.128. The van der Waals surface area contributed by atoms with E-state index in [9.17, 15) is 4.79 Å². The maximum absolute atomic E-state index is 12.5. The average Bonchev–Trinajstić information content (AvgIpc) is 3.40. The molecule has 1 saturated heterocycles. The van der Waals surface area contributed by atoms with Crippen molar-refractivity contribution in [3.63, 3.8) is 0 Å². The predicted molar refractivity (Wildman–Crippen MR) is 113 cm³/mol. The van der Waals surface area contributed by atoms with E-state index in [1.54, 1.807) is 0 Å². The smallest absolute Gasteiger partial charge is 0.223 e. The van der Waals surface area contributed by atoms with Crippen LogP contribution in [0.15, 0.2) is 48.5 Å². The number of amides is 1. The van der Waals surface area contributed by atoms with E-state index in [1.807, 2.05) is 24.3 Å². The molecule has 150 valence electrons. The Balaban J connectivity index is 1.33. The second-order valence-corrected chi connectivity index (χ2v) is 8.26. The van der Waals surface area contributed by atoms with Crippen molar-refractivity contribution in [1.29, 1.82) is 0 Å². The summed E-state index contributed by atoms with van der Waals surface area (Å²) in [5, 5.41) is 0. The van der Waals surface area contributed by atoms with Gasteiger partial charge in [0.1, 0.15) is 11.6 Å². The quantitative estimate of drug-likeness (QED) is 0.566. The van der Waals surface area contributed by atoms with E-state index < -0.39 is 0 Å². The molecule has 0 N–H and O–H groups in total. The van der Waals surface area contributed by atoms with Crippen LogP contribution in [-0.4, -0.2) is 39.6 Å². The molecule has 2 aromatic carbocycles. The highest BCUT2D eigenvalue weighted by atomic mass is 16.5. The Morgan fingerprint density at radius 1 is 1.10 bits per heavy atom. The monoisotopic (exact) mass is 389 g/mol. The lowest BCUT2D eigenvalue weighted by Gasteiger charge is -2.16. The van der Waals surface area contributed by atoms with Crippen LogP contribution in [0.1, 0.15) is 43.0 Å². The number of likely N-dealkylation sites (tertiary alicyclic amines) is 1. The molecule has 0 bridgehead atoms. The van der Waals surface area contributed by atoms with Crippen LogP contribution in [0.2, 0.25) is 0 Å². The van der Waals surface area contributed by atoms with Crippen molar-refractivity contribution in [3.05, 3.63) is 59.9 Å². The van der Waals surface area contributed by atoms with Crippen LogP contribution in [0, 0.1) is 6.92 Å². The number of rotatable bonds is 7. The van der Waals surface area contributed by atoms with E-state index >= 15 is 0 Å². The lowest BCUT2D eigenvalue weighted by atomic mass is 10.1. The molecule has 1 aliphatic heterocycles. The number of carbonyl (C=O) groups is 1. The van der Waals surface area contributed by atoms with Gasteiger partial charge in [0.05, 0.1) is 17.6 Å².